The molecule has 2 aromatic carbocycles. The van der Waals surface area contributed by atoms with Crippen LogP contribution in [-0.4, -0.2) is 5.11 Å². The average molecular weight is 282 g/mol. The van der Waals surface area contributed by atoms with E-state index in [0.717, 1.165) is 11.1 Å². The molecular weight excluding hydrogens is 256 g/mol. The van der Waals surface area contributed by atoms with Crippen molar-refractivity contribution < 1.29 is 5.11 Å². The third kappa shape index (κ3) is 2.97. The van der Waals surface area contributed by atoms with Gasteiger partial charge in [0.05, 0.1) is 0 Å². The van der Waals surface area contributed by atoms with E-state index in [1.54, 1.807) is 6.07 Å². The Labute approximate surface area is 128 Å². The maximum atomic E-state index is 9.64. The smallest absolute Gasteiger partial charge is 0.118 e. The van der Waals surface area contributed by atoms with E-state index in [1.807, 2.05) is 19.1 Å². The maximum Gasteiger partial charge on any atom is 0.118 e. The summed E-state index contributed by atoms with van der Waals surface area (Å²) in [7, 11) is 0. The summed E-state index contributed by atoms with van der Waals surface area (Å²) < 4.78 is 0. The van der Waals surface area contributed by atoms with Crippen LogP contribution in [0.1, 0.15) is 51.2 Å². The molecule has 21 heavy (non-hydrogen) atoms. The predicted octanol–water partition coefficient (Wildman–Crippen LogP) is 5.84. The molecule has 0 amide bonds. The minimum atomic E-state index is 0.309. The lowest BCUT2D eigenvalue weighted by Gasteiger charge is -2.31. The number of benzene rings is 2. The number of hydrogen-bond donors (Lipinski definition) is 1. The zero-order chi connectivity index (χ0) is 15.5. The van der Waals surface area contributed by atoms with Crippen LogP contribution in [0.5, 0.6) is 5.75 Å². The SMILES string of the molecule is CCC(CC)(CC)c1ccc(-c2ccc(O)c(C)c2)cc1. The molecule has 0 aliphatic heterocycles. The summed E-state index contributed by atoms with van der Waals surface area (Å²) in [6.07, 6.45) is 3.53. The lowest BCUT2D eigenvalue weighted by molar-refractivity contribution is 0.382. The van der Waals surface area contributed by atoms with Crippen LogP contribution in [0.4, 0.5) is 0 Å². The third-order valence-electron chi connectivity index (χ3n) is 5.06. The molecule has 0 aliphatic carbocycles. The molecular formula is C20H26O. The fraction of sp³-hybridized carbons (Fsp3) is 0.400. The van der Waals surface area contributed by atoms with Gasteiger partial charge in [0.2, 0.25) is 0 Å². The normalized spacial score (nSPS) is 11.6. The zero-order valence-electron chi connectivity index (χ0n) is 13.6. The Hall–Kier alpha value is -1.76. The molecule has 0 aliphatic rings. The van der Waals surface area contributed by atoms with Crippen molar-refractivity contribution in [3.8, 4) is 16.9 Å². The molecule has 0 spiro atoms. The predicted molar refractivity (Wildman–Crippen MR) is 90.8 cm³/mol. The van der Waals surface area contributed by atoms with Crippen LogP contribution in [0.25, 0.3) is 11.1 Å². The van der Waals surface area contributed by atoms with Crippen molar-refractivity contribution in [1.29, 1.82) is 0 Å². The molecule has 0 radical (unpaired) electrons. The fourth-order valence-electron chi connectivity index (χ4n) is 3.21. The molecule has 2 aromatic rings. The van der Waals surface area contributed by atoms with Crippen LogP contribution in [-0.2, 0) is 5.41 Å². The molecule has 1 N–H and O–H groups in total. The molecule has 0 bridgehead atoms. The lowest BCUT2D eigenvalue weighted by atomic mass is 9.73. The van der Waals surface area contributed by atoms with Crippen molar-refractivity contribution in [3.63, 3.8) is 0 Å². The third-order valence-corrected chi connectivity index (χ3v) is 5.06. The van der Waals surface area contributed by atoms with Crippen molar-refractivity contribution >= 4 is 0 Å². The van der Waals surface area contributed by atoms with Gasteiger partial charge >= 0.3 is 0 Å². The van der Waals surface area contributed by atoms with E-state index < -0.39 is 0 Å². The average Bonchev–Trinajstić information content (AvgIpc) is 2.53. The first-order valence-corrected chi connectivity index (χ1v) is 7.96. The summed E-state index contributed by atoms with van der Waals surface area (Å²) in [6, 6.07) is 14.7. The van der Waals surface area contributed by atoms with Crippen LogP contribution in [0.3, 0.4) is 0 Å². The molecule has 0 atom stereocenters. The van der Waals surface area contributed by atoms with Gasteiger partial charge in [0, 0.05) is 0 Å². The first-order chi connectivity index (χ1) is 10.1. The molecule has 0 aromatic heterocycles. The summed E-state index contributed by atoms with van der Waals surface area (Å²) in [5.74, 6) is 0.359. The van der Waals surface area contributed by atoms with Crippen molar-refractivity contribution in [2.45, 2.75) is 52.4 Å². The monoisotopic (exact) mass is 282 g/mol. The second kappa shape index (κ2) is 6.34. The van der Waals surface area contributed by atoms with E-state index in [1.165, 1.54) is 30.4 Å². The highest BCUT2D eigenvalue weighted by atomic mass is 16.3. The second-order valence-electron chi connectivity index (χ2n) is 5.92. The minimum Gasteiger partial charge on any atom is -0.508 e. The number of phenolic OH excluding ortho intramolecular Hbond substituents is 1. The summed E-state index contributed by atoms with van der Waals surface area (Å²) in [5, 5.41) is 9.64. The van der Waals surface area contributed by atoms with Crippen LogP contribution in [0.2, 0.25) is 0 Å². The van der Waals surface area contributed by atoms with Gasteiger partial charge < -0.3 is 5.11 Å². The van der Waals surface area contributed by atoms with Gasteiger partial charge in [0.15, 0.2) is 0 Å². The summed E-state index contributed by atoms with van der Waals surface area (Å²) >= 11 is 0. The van der Waals surface area contributed by atoms with Gasteiger partial charge in [-0.15, -0.1) is 0 Å². The maximum absolute atomic E-state index is 9.64. The molecule has 0 heterocycles. The highest BCUT2D eigenvalue weighted by Gasteiger charge is 2.25. The second-order valence-corrected chi connectivity index (χ2v) is 5.92. The zero-order valence-corrected chi connectivity index (χ0v) is 13.6. The van der Waals surface area contributed by atoms with Gasteiger partial charge in [-0.2, -0.15) is 0 Å². The summed E-state index contributed by atoms with van der Waals surface area (Å²) in [5.41, 5.74) is 5.03. The minimum absolute atomic E-state index is 0.309. The Balaban J connectivity index is 2.36. The Morgan fingerprint density at radius 1 is 0.810 bits per heavy atom. The lowest BCUT2D eigenvalue weighted by Crippen LogP contribution is -2.23. The summed E-state index contributed by atoms with van der Waals surface area (Å²) in [6.45, 7) is 8.78. The Morgan fingerprint density at radius 3 is 1.81 bits per heavy atom. The number of hydrogen-bond acceptors (Lipinski definition) is 1. The largest absolute Gasteiger partial charge is 0.508 e. The van der Waals surface area contributed by atoms with Gasteiger partial charge in [-0.1, -0.05) is 51.1 Å². The molecule has 0 saturated heterocycles. The first kappa shape index (κ1) is 15.6. The number of phenols is 1. The van der Waals surface area contributed by atoms with Crippen molar-refractivity contribution in [2.24, 2.45) is 0 Å². The Kier molecular flexibility index (Phi) is 4.72. The van der Waals surface area contributed by atoms with Gasteiger partial charge in [-0.05, 0) is 66.0 Å². The standard InChI is InChI=1S/C20H26O/c1-5-20(6-2,7-3)18-11-8-16(9-12-18)17-10-13-19(21)15(4)14-17/h8-14,21H,5-7H2,1-4H3. The first-order valence-electron chi connectivity index (χ1n) is 7.96. The Morgan fingerprint density at radius 2 is 1.33 bits per heavy atom. The van der Waals surface area contributed by atoms with Crippen molar-refractivity contribution in [1.82, 2.24) is 0 Å². The molecule has 0 unspecified atom stereocenters. The molecule has 1 nitrogen and oxygen atoms in total. The fourth-order valence-corrected chi connectivity index (χ4v) is 3.21. The topological polar surface area (TPSA) is 20.2 Å². The van der Waals surface area contributed by atoms with Crippen LogP contribution < -0.4 is 0 Å². The van der Waals surface area contributed by atoms with Crippen LogP contribution in [0.15, 0.2) is 42.5 Å². The van der Waals surface area contributed by atoms with Crippen LogP contribution in [0, 0.1) is 6.92 Å². The van der Waals surface area contributed by atoms with E-state index >= 15 is 0 Å². The number of aromatic hydroxyl groups is 1. The van der Waals surface area contributed by atoms with E-state index in [2.05, 4.69) is 45.0 Å². The number of aryl methyl sites for hydroxylation is 1. The molecule has 1 heteroatoms. The quantitative estimate of drug-likeness (QED) is 0.731. The van der Waals surface area contributed by atoms with Crippen molar-refractivity contribution in [2.75, 3.05) is 0 Å². The molecule has 0 fully saturated rings. The molecule has 112 valence electrons. The molecule has 0 saturated carbocycles. The Bertz CT molecular complexity index is 583. The molecule has 2 rings (SSSR count). The highest BCUT2D eigenvalue weighted by molar-refractivity contribution is 5.66. The van der Waals surface area contributed by atoms with E-state index in [-0.39, 0.29) is 0 Å². The van der Waals surface area contributed by atoms with Crippen LogP contribution >= 0.6 is 0 Å². The van der Waals surface area contributed by atoms with Crippen molar-refractivity contribution in [3.05, 3.63) is 53.6 Å². The van der Waals surface area contributed by atoms with Gasteiger partial charge in [-0.3, -0.25) is 0 Å². The van der Waals surface area contributed by atoms with Gasteiger partial charge in [-0.25, -0.2) is 0 Å². The van der Waals surface area contributed by atoms with E-state index in [9.17, 15) is 5.11 Å². The van der Waals surface area contributed by atoms with E-state index in [0.29, 0.717) is 11.2 Å². The highest BCUT2D eigenvalue weighted by Crippen LogP contribution is 2.36. The van der Waals surface area contributed by atoms with Gasteiger partial charge in [0.1, 0.15) is 5.75 Å². The summed E-state index contributed by atoms with van der Waals surface area (Å²) in [4.78, 5) is 0. The van der Waals surface area contributed by atoms with E-state index in [4.69, 9.17) is 0 Å². The number of rotatable bonds is 5. The van der Waals surface area contributed by atoms with Gasteiger partial charge in [0.25, 0.3) is 0 Å².